The highest BCUT2D eigenvalue weighted by Gasteiger charge is 2.21. The van der Waals surface area contributed by atoms with Gasteiger partial charge in [-0.15, -0.1) is 10.2 Å². The third-order valence-corrected chi connectivity index (χ3v) is 2.58. The molecule has 1 aliphatic rings. The normalized spacial score (nSPS) is 22.1. The van der Waals surface area contributed by atoms with Gasteiger partial charge in [0.2, 0.25) is 0 Å². The van der Waals surface area contributed by atoms with E-state index in [0.29, 0.717) is 12.0 Å². The first kappa shape index (κ1) is 9.65. The Labute approximate surface area is 84.7 Å². The molecule has 0 unspecified atom stereocenters. The SMILES string of the molecule is CC(C)Cn1cnnc1[C@@H]1CCCN1. The molecule has 0 spiro atoms. The standard InChI is InChI=1S/C10H18N4/c1-8(2)6-14-7-12-13-10(14)9-4-3-5-11-9/h7-9,11H,3-6H2,1-2H3/t9-/m0/s1. The molecule has 0 bridgehead atoms. The number of nitrogens with zero attached hydrogens (tertiary/aromatic N) is 3. The van der Waals surface area contributed by atoms with E-state index in [1.807, 2.05) is 6.33 Å². The molecular weight excluding hydrogens is 176 g/mol. The second kappa shape index (κ2) is 4.09. The summed E-state index contributed by atoms with van der Waals surface area (Å²) in [6.07, 6.45) is 4.28. The highest BCUT2D eigenvalue weighted by Crippen LogP contribution is 2.21. The second-order valence-corrected chi connectivity index (χ2v) is 4.38. The number of hydrogen-bond donors (Lipinski definition) is 1. The summed E-state index contributed by atoms with van der Waals surface area (Å²) in [4.78, 5) is 0. The van der Waals surface area contributed by atoms with Gasteiger partial charge >= 0.3 is 0 Å². The summed E-state index contributed by atoms with van der Waals surface area (Å²) in [5, 5.41) is 11.6. The fourth-order valence-electron chi connectivity index (χ4n) is 1.97. The van der Waals surface area contributed by atoms with Crippen LogP contribution in [0.4, 0.5) is 0 Å². The van der Waals surface area contributed by atoms with E-state index in [1.54, 1.807) is 0 Å². The van der Waals surface area contributed by atoms with Crippen LogP contribution in [0.5, 0.6) is 0 Å². The van der Waals surface area contributed by atoms with E-state index in [4.69, 9.17) is 0 Å². The van der Waals surface area contributed by atoms with Gasteiger partial charge in [0, 0.05) is 6.54 Å². The molecule has 1 N–H and O–H groups in total. The van der Waals surface area contributed by atoms with Gasteiger partial charge in [0.1, 0.15) is 12.2 Å². The van der Waals surface area contributed by atoms with Crippen LogP contribution in [0.1, 0.15) is 38.6 Å². The number of aromatic nitrogens is 3. The molecule has 0 aromatic carbocycles. The minimum absolute atomic E-state index is 0.427. The van der Waals surface area contributed by atoms with Crippen molar-refractivity contribution in [1.29, 1.82) is 0 Å². The van der Waals surface area contributed by atoms with Crippen LogP contribution in [0, 0.1) is 5.92 Å². The van der Waals surface area contributed by atoms with Gasteiger partial charge in [-0.05, 0) is 25.3 Å². The molecule has 0 amide bonds. The lowest BCUT2D eigenvalue weighted by atomic mass is 10.2. The second-order valence-electron chi connectivity index (χ2n) is 4.38. The Kier molecular flexibility index (Phi) is 2.82. The maximum Gasteiger partial charge on any atom is 0.149 e. The summed E-state index contributed by atoms with van der Waals surface area (Å²) in [5.41, 5.74) is 0. The molecular formula is C10H18N4. The van der Waals surface area contributed by atoms with E-state index in [0.717, 1.165) is 18.9 Å². The van der Waals surface area contributed by atoms with Crippen molar-refractivity contribution in [2.45, 2.75) is 39.3 Å². The molecule has 2 rings (SSSR count). The van der Waals surface area contributed by atoms with Crippen LogP contribution in [-0.2, 0) is 6.54 Å². The summed E-state index contributed by atoms with van der Waals surface area (Å²) < 4.78 is 2.17. The molecule has 1 aromatic heterocycles. The van der Waals surface area contributed by atoms with Gasteiger partial charge < -0.3 is 9.88 Å². The lowest BCUT2D eigenvalue weighted by Crippen LogP contribution is -2.19. The van der Waals surface area contributed by atoms with Gasteiger partial charge in [0.15, 0.2) is 0 Å². The average molecular weight is 194 g/mol. The van der Waals surface area contributed by atoms with Crippen LogP contribution in [0.3, 0.4) is 0 Å². The summed E-state index contributed by atoms with van der Waals surface area (Å²) in [7, 11) is 0. The van der Waals surface area contributed by atoms with Crippen LogP contribution in [-0.4, -0.2) is 21.3 Å². The van der Waals surface area contributed by atoms with E-state index in [1.165, 1.54) is 12.8 Å². The first-order valence-electron chi connectivity index (χ1n) is 5.38. The molecule has 1 atom stereocenters. The van der Waals surface area contributed by atoms with E-state index in [9.17, 15) is 0 Å². The zero-order chi connectivity index (χ0) is 9.97. The summed E-state index contributed by atoms with van der Waals surface area (Å²) in [6.45, 7) is 6.55. The minimum atomic E-state index is 0.427. The molecule has 4 heteroatoms. The Hall–Kier alpha value is -0.900. The Balaban J connectivity index is 2.12. The van der Waals surface area contributed by atoms with Crippen molar-refractivity contribution in [2.75, 3.05) is 6.54 Å². The van der Waals surface area contributed by atoms with E-state index in [2.05, 4.69) is 33.9 Å². The molecule has 0 aliphatic carbocycles. The molecule has 1 aromatic rings. The maximum atomic E-state index is 4.20. The topological polar surface area (TPSA) is 42.7 Å². The Morgan fingerprint density at radius 3 is 3.14 bits per heavy atom. The van der Waals surface area contributed by atoms with Crippen LogP contribution in [0.15, 0.2) is 6.33 Å². The van der Waals surface area contributed by atoms with Crippen molar-refractivity contribution >= 4 is 0 Å². The van der Waals surface area contributed by atoms with Gasteiger partial charge in [-0.2, -0.15) is 0 Å². The smallest absolute Gasteiger partial charge is 0.149 e. The van der Waals surface area contributed by atoms with E-state index in [-0.39, 0.29) is 0 Å². The van der Waals surface area contributed by atoms with E-state index < -0.39 is 0 Å². The Morgan fingerprint density at radius 1 is 1.64 bits per heavy atom. The van der Waals surface area contributed by atoms with Crippen molar-refractivity contribution in [3.63, 3.8) is 0 Å². The lowest BCUT2D eigenvalue weighted by Gasteiger charge is -2.13. The molecule has 14 heavy (non-hydrogen) atoms. The lowest BCUT2D eigenvalue weighted by molar-refractivity contribution is 0.476. The van der Waals surface area contributed by atoms with Crippen molar-refractivity contribution in [1.82, 2.24) is 20.1 Å². The molecule has 1 saturated heterocycles. The van der Waals surface area contributed by atoms with Crippen LogP contribution in [0.2, 0.25) is 0 Å². The summed E-state index contributed by atoms with van der Waals surface area (Å²) in [5.74, 6) is 1.75. The highest BCUT2D eigenvalue weighted by molar-refractivity contribution is 4.97. The largest absolute Gasteiger partial charge is 0.316 e. The van der Waals surface area contributed by atoms with Crippen molar-refractivity contribution in [3.05, 3.63) is 12.2 Å². The van der Waals surface area contributed by atoms with Crippen LogP contribution < -0.4 is 5.32 Å². The third kappa shape index (κ3) is 1.95. The maximum absolute atomic E-state index is 4.20. The predicted octanol–water partition coefficient (Wildman–Crippen LogP) is 1.36. The summed E-state index contributed by atoms with van der Waals surface area (Å²) in [6, 6.07) is 0.427. The van der Waals surface area contributed by atoms with Gasteiger partial charge in [0.25, 0.3) is 0 Å². The summed E-state index contributed by atoms with van der Waals surface area (Å²) >= 11 is 0. The van der Waals surface area contributed by atoms with Gasteiger partial charge in [-0.1, -0.05) is 13.8 Å². The zero-order valence-corrected chi connectivity index (χ0v) is 8.90. The van der Waals surface area contributed by atoms with E-state index >= 15 is 0 Å². The molecule has 1 fully saturated rings. The predicted molar refractivity (Wildman–Crippen MR) is 54.8 cm³/mol. The van der Waals surface area contributed by atoms with Crippen molar-refractivity contribution in [3.8, 4) is 0 Å². The zero-order valence-electron chi connectivity index (χ0n) is 8.90. The van der Waals surface area contributed by atoms with Gasteiger partial charge in [0.05, 0.1) is 6.04 Å². The average Bonchev–Trinajstić information content (AvgIpc) is 2.70. The van der Waals surface area contributed by atoms with Gasteiger partial charge in [-0.3, -0.25) is 0 Å². The van der Waals surface area contributed by atoms with Gasteiger partial charge in [-0.25, -0.2) is 0 Å². The molecule has 2 heterocycles. The highest BCUT2D eigenvalue weighted by atomic mass is 15.3. The molecule has 1 aliphatic heterocycles. The Morgan fingerprint density at radius 2 is 2.50 bits per heavy atom. The number of nitrogens with one attached hydrogen (secondary N) is 1. The Bertz CT molecular complexity index is 286. The first-order chi connectivity index (χ1) is 6.77. The fourth-order valence-corrected chi connectivity index (χ4v) is 1.97. The fraction of sp³-hybridized carbons (Fsp3) is 0.800. The first-order valence-corrected chi connectivity index (χ1v) is 5.38. The number of hydrogen-bond acceptors (Lipinski definition) is 3. The monoisotopic (exact) mass is 194 g/mol. The molecule has 78 valence electrons. The van der Waals surface area contributed by atoms with Crippen molar-refractivity contribution < 1.29 is 0 Å². The van der Waals surface area contributed by atoms with Crippen molar-refractivity contribution in [2.24, 2.45) is 5.92 Å². The number of rotatable bonds is 3. The molecule has 0 radical (unpaired) electrons. The third-order valence-electron chi connectivity index (χ3n) is 2.58. The van der Waals surface area contributed by atoms with Crippen LogP contribution in [0.25, 0.3) is 0 Å². The minimum Gasteiger partial charge on any atom is -0.316 e. The van der Waals surface area contributed by atoms with Crippen LogP contribution >= 0.6 is 0 Å². The molecule has 0 saturated carbocycles. The molecule has 4 nitrogen and oxygen atoms in total. The quantitative estimate of drug-likeness (QED) is 0.790.